The number of benzene rings is 2. The molecule has 3 rings (SSSR count). The van der Waals surface area contributed by atoms with E-state index in [1.807, 2.05) is 13.8 Å². The minimum Gasteiger partial charge on any atom is -0.406 e. The number of aliphatic hydroxyl groups excluding tert-OH is 1. The van der Waals surface area contributed by atoms with Crippen molar-refractivity contribution >= 4 is 29.1 Å². The number of hydrogen-bond donors (Lipinski definition) is 3. The maximum atomic E-state index is 12.7. The normalized spacial score (nSPS) is 12.8. The highest BCUT2D eigenvalue weighted by Crippen LogP contribution is 2.34. The molecule has 3 aromatic rings. The molecule has 0 fully saturated rings. The fourth-order valence-electron chi connectivity index (χ4n) is 3.10. The lowest BCUT2D eigenvalue weighted by Gasteiger charge is -2.21. The van der Waals surface area contributed by atoms with Crippen molar-refractivity contribution in [3.63, 3.8) is 0 Å². The van der Waals surface area contributed by atoms with Crippen molar-refractivity contribution in [3.8, 4) is 22.8 Å². The van der Waals surface area contributed by atoms with E-state index in [4.69, 9.17) is 11.6 Å². The first kappa shape index (κ1) is 28.1. The molecular weight excluding hydrogens is 530 g/mol. The van der Waals surface area contributed by atoms with Crippen LogP contribution in [0.1, 0.15) is 13.8 Å². The van der Waals surface area contributed by atoms with Crippen LogP contribution in [0.5, 0.6) is 11.5 Å². The zero-order valence-electron chi connectivity index (χ0n) is 19.3. The molecule has 0 bridgehead atoms. The predicted octanol–water partition coefficient (Wildman–Crippen LogP) is 6.77. The predicted molar refractivity (Wildman–Crippen MR) is 125 cm³/mol. The molecule has 7 nitrogen and oxygen atoms in total. The number of nitrogens with zero attached hydrogens (tertiary/aromatic N) is 2. The monoisotopic (exact) mass is 550 g/mol. The lowest BCUT2D eigenvalue weighted by atomic mass is 10.1. The molecule has 0 amide bonds. The van der Waals surface area contributed by atoms with Crippen molar-refractivity contribution in [2.24, 2.45) is 5.92 Å². The first-order valence-electron chi connectivity index (χ1n) is 10.7. The Morgan fingerprint density at radius 1 is 0.946 bits per heavy atom. The molecule has 0 spiro atoms. The zero-order chi connectivity index (χ0) is 27.4. The molecule has 0 aliphatic rings. The quantitative estimate of drug-likeness (QED) is 0.253. The SMILES string of the molecule is CC(C)[C@H](CO)Nc1nc(Nc2ccc(OC(F)(F)F)c(Cl)c2)cc(-c2cccc(OC(F)(F)F)c2)n1. The van der Waals surface area contributed by atoms with E-state index in [0.29, 0.717) is 0 Å². The van der Waals surface area contributed by atoms with Crippen molar-refractivity contribution in [1.29, 1.82) is 0 Å². The molecule has 0 unspecified atom stereocenters. The zero-order valence-corrected chi connectivity index (χ0v) is 20.0. The Morgan fingerprint density at radius 2 is 1.65 bits per heavy atom. The molecule has 0 saturated carbocycles. The molecule has 0 saturated heterocycles. The maximum Gasteiger partial charge on any atom is 0.573 e. The smallest absolute Gasteiger partial charge is 0.406 e. The van der Waals surface area contributed by atoms with Gasteiger partial charge in [0.15, 0.2) is 0 Å². The molecule has 1 aromatic heterocycles. The summed E-state index contributed by atoms with van der Waals surface area (Å²) in [4.78, 5) is 8.65. The van der Waals surface area contributed by atoms with E-state index in [-0.39, 0.29) is 46.3 Å². The maximum absolute atomic E-state index is 12.7. The Kier molecular flexibility index (Phi) is 8.59. The highest BCUT2D eigenvalue weighted by atomic mass is 35.5. The van der Waals surface area contributed by atoms with Gasteiger partial charge in [0, 0.05) is 17.3 Å². The molecule has 14 heteroatoms. The van der Waals surface area contributed by atoms with Crippen molar-refractivity contribution in [2.45, 2.75) is 32.6 Å². The number of anilines is 3. The molecule has 3 N–H and O–H groups in total. The summed E-state index contributed by atoms with van der Waals surface area (Å²) >= 11 is 5.91. The lowest BCUT2D eigenvalue weighted by molar-refractivity contribution is -0.275. The summed E-state index contributed by atoms with van der Waals surface area (Å²) in [5.74, 6) is -0.921. The third-order valence-corrected chi connectivity index (χ3v) is 5.13. The summed E-state index contributed by atoms with van der Waals surface area (Å²) in [7, 11) is 0. The van der Waals surface area contributed by atoms with E-state index >= 15 is 0 Å². The standard InChI is InChI=1S/C23H21ClF6N4O3/c1-12(2)18(11-35)33-21-32-17(13-4-3-5-15(8-13)36-22(25,26)27)10-20(34-21)31-14-6-7-19(16(24)9-14)37-23(28,29)30/h3-10,12,18,35H,11H2,1-2H3,(H2,31,32,33,34)/t18-/m0/s1. The van der Waals surface area contributed by atoms with Crippen molar-refractivity contribution in [1.82, 2.24) is 9.97 Å². The van der Waals surface area contributed by atoms with Crippen LogP contribution in [0.3, 0.4) is 0 Å². The van der Waals surface area contributed by atoms with Gasteiger partial charge in [-0.25, -0.2) is 4.98 Å². The van der Waals surface area contributed by atoms with E-state index in [1.165, 1.54) is 30.3 Å². The number of ether oxygens (including phenoxy) is 2. The Balaban J connectivity index is 1.98. The fourth-order valence-corrected chi connectivity index (χ4v) is 3.32. The molecule has 0 aliphatic heterocycles. The van der Waals surface area contributed by atoms with Crippen LogP contribution in [0.15, 0.2) is 48.5 Å². The molecule has 37 heavy (non-hydrogen) atoms. The average molecular weight is 551 g/mol. The van der Waals surface area contributed by atoms with Gasteiger partial charge in [0.05, 0.1) is 23.4 Å². The summed E-state index contributed by atoms with van der Waals surface area (Å²) in [6.45, 7) is 3.45. The van der Waals surface area contributed by atoms with Crippen molar-refractivity contribution in [2.75, 3.05) is 17.2 Å². The second-order valence-corrected chi connectivity index (χ2v) is 8.44. The Labute approximate surface area is 212 Å². The van der Waals surface area contributed by atoms with Gasteiger partial charge in [-0.3, -0.25) is 0 Å². The number of aliphatic hydroxyl groups is 1. The third-order valence-electron chi connectivity index (χ3n) is 4.84. The minimum absolute atomic E-state index is 0.0304. The number of alkyl halides is 6. The molecule has 1 atom stereocenters. The van der Waals surface area contributed by atoms with Gasteiger partial charge in [0.25, 0.3) is 0 Å². The van der Waals surface area contributed by atoms with Crippen molar-refractivity contribution in [3.05, 3.63) is 53.6 Å². The van der Waals surface area contributed by atoms with Gasteiger partial charge in [-0.2, -0.15) is 4.98 Å². The molecule has 0 aliphatic carbocycles. The van der Waals surface area contributed by atoms with Crippen LogP contribution in [-0.4, -0.2) is 40.4 Å². The van der Waals surface area contributed by atoms with Gasteiger partial charge >= 0.3 is 12.7 Å². The van der Waals surface area contributed by atoms with E-state index in [9.17, 15) is 31.4 Å². The highest BCUT2D eigenvalue weighted by molar-refractivity contribution is 6.32. The fraction of sp³-hybridized carbons (Fsp3) is 0.304. The molecular formula is C23H21ClF6N4O3. The second-order valence-electron chi connectivity index (χ2n) is 8.03. The average Bonchev–Trinajstić information content (AvgIpc) is 2.77. The Morgan fingerprint density at radius 3 is 2.24 bits per heavy atom. The van der Waals surface area contributed by atoms with E-state index < -0.39 is 30.3 Å². The van der Waals surface area contributed by atoms with Crippen LogP contribution >= 0.6 is 11.6 Å². The number of rotatable bonds is 9. The van der Waals surface area contributed by atoms with Gasteiger partial charge in [-0.1, -0.05) is 37.6 Å². The van der Waals surface area contributed by atoms with Crippen LogP contribution in [0, 0.1) is 5.92 Å². The third kappa shape index (κ3) is 8.57. The number of nitrogens with one attached hydrogen (secondary N) is 2. The van der Waals surface area contributed by atoms with Gasteiger partial charge < -0.3 is 25.2 Å². The highest BCUT2D eigenvalue weighted by Gasteiger charge is 2.32. The van der Waals surface area contributed by atoms with Gasteiger partial charge in [0.2, 0.25) is 5.95 Å². The Bertz CT molecular complexity index is 1220. The summed E-state index contributed by atoms with van der Waals surface area (Å²) in [5.41, 5.74) is 0.690. The number of halogens is 7. The van der Waals surface area contributed by atoms with E-state index in [1.54, 1.807) is 0 Å². The minimum atomic E-state index is -4.93. The van der Waals surface area contributed by atoms with E-state index in [0.717, 1.165) is 18.2 Å². The number of hydrogen-bond acceptors (Lipinski definition) is 7. The first-order valence-corrected chi connectivity index (χ1v) is 11.0. The topological polar surface area (TPSA) is 88.5 Å². The van der Waals surface area contributed by atoms with Crippen LogP contribution in [0.4, 0.5) is 43.8 Å². The van der Waals surface area contributed by atoms with Crippen LogP contribution < -0.4 is 20.1 Å². The van der Waals surface area contributed by atoms with Gasteiger partial charge in [-0.15, -0.1) is 26.3 Å². The second kappa shape index (κ2) is 11.3. The van der Waals surface area contributed by atoms with Gasteiger partial charge in [0.1, 0.15) is 17.3 Å². The summed E-state index contributed by atoms with van der Waals surface area (Å²) < 4.78 is 83.4. The van der Waals surface area contributed by atoms with Gasteiger partial charge in [-0.05, 0) is 36.2 Å². The molecule has 0 radical (unpaired) electrons. The summed E-state index contributed by atoms with van der Waals surface area (Å²) in [5, 5.41) is 15.2. The van der Waals surface area contributed by atoms with Crippen molar-refractivity contribution < 1.29 is 40.9 Å². The largest absolute Gasteiger partial charge is 0.573 e. The summed E-state index contributed by atoms with van der Waals surface area (Å²) in [6, 6.07) is 9.54. The van der Waals surface area contributed by atoms with Crippen LogP contribution in [-0.2, 0) is 0 Å². The number of aromatic nitrogens is 2. The molecule has 2 aromatic carbocycles. The van der Waals surface area contributed by atoms with Crippen LogP contribution in [0.25, 0.3) is 11.3 Å². The van der Waals surface area contributed by atoms with Crippen LogP contribution in [0.2, 0.25) is 5.02 Å². The molecule has 1 heterocycles. The molecule has 200 valence electrons. The first-order chi connectivity index (χ1) is 17.2. The van der Waals surface area contributed by atoms with E-state index in [2.05, 4.69) is 30.1 Å². The summed E-state index contributed by atoms with van der Waals surface area (Å²) in [6.07, 6.45) is -9.82. The lowest BCUT2D eigenvalue weighted by Crippen LogP contribution is -2.30. The Hall–Kier alpha value is -3.45.